The largest absolute Gasteiger partial charge is 0.375 e. The van der Waals surface area contributed by atoms with Gasteiger partial charge in [0.25, 0.3) is 6.43 Å². The summed E-state index contributed by atoms with van der Waals surface area (Å²) in [5.74, 6) is -0.131. The Kier molecular flexibility index (Phi) is 6.54. The molecule has 1 rings (SSSR count). The van der Waals surface area contributed by atoms with Crippen molar-refractivity contribution in [3.8, 4) is 0 Å². The molecule has 0 fully saturated rings. The maximum Gasteiger partial charge on any atom is 0.261 e. The van der Waals surface area contributed by atoms with Crippen molar-refractivity contribution in [3.05, 3.63) is 33.8 Å². The second-order valence-corrected chi connectivity index (χ2v) is 4.43. The van der Waals surface area contributed by atoms with Crippen LogP contribution in [0.1, 0.15) is 12.0 Å². The Morgan fingerprint density at radius 1 is 1.33 bits per heavy atom. The van der Waals surface area contributed by atoms with Crippen LogP contribution in [-0.2, 0) is 16.0 Å². The summed E-state index contributed by atoms with van der Waals surface area (Å²) in [5.41, 5.74) is 0.628. The summed E-state index contributed by atoms with van der Waals surface area (Å²) in [5, 5.41) is 0.733. The van der Waals surface area contributed by atoms with E-state index in [2.05, 4.69) is 4.74 Å². The van der Waals surface area contributed by atoms with Crippen LogP contribution in [0.15, 0.2) is 18.2 Å². The molecule has 6 heteroatoms. The van der Waals surface area contributed by atoms with Crippen LogP contribution in [0, 0.1) is 0 Å². The van der Waals surface area contributed by atoms with Gasteiger partial charge in [-0.3, -0.25) is 4.79 Å². The number of carbonyl (C=O) groups excluding carboxylic acids is 1. The topological polar surface area (TPSA) is 26.3 Å². The van der Waals surface area contributed by atoms with Crippen LogP contribution in [0.2, 0.25) is 10.0 Å². The molecular formula is C12H12Cl2F2O2. The molecule has 0 aliphatic carbocycles. The van der Waals surface area contributed by atoms with Gasteiger partial charge < -0.3 is 4.74 Å². The second-order valence-electron chi connectivity index (χ2n) is 3.64. The van der Waals surface area contributed by atoms with Crippen LogP contribution in [-0.4, -0.2) is 25.4 Å². The Morgan fingerprint density at radius 3 is 2.72 bits per heavy atom. The summed E-state index contributed by atoms with van der Waals surface area (Å²) in [4.78, 5) is 11.6. The van der Waals surface area contributed by atoms with Gasteiger partial charge in [-0.05, 0) is 11.6 Å². The zero-order valence-electron chi connectivity index (χ0n) is 9.47. The number of hydrogen-bond donors (Lipinski definition) is 0. The van der Waals surface area contributed by atoms with Crippen LogP contribution >= 0.6 is 23.2 Å². The highest BCUT2D eigenvalue weighted by atomic mass is 35.5. The van der Waals surface area contributed by atoms with Gasteiger partial charge in [-0.15, -0.1) is 0 Å². The molecule has 0 heterocycles. The monoisotopic (exact) mass is 296 g/mol. The molecule has 0 aromatic heterocycles. The molecular weight excluding hydrogens is 285 g/mol. The minimum atomic E-state index is -2.51. The molecule has 0 aliphatic rings. The highest BCUT2D eigenvalue weighted by Crippen LogP contribution is 2.26. The Bertz CT molecular complexity index is 411. The van der Waals surface area contributed by atoms with E-state index in [-0.39, 0.29) is 25.2 Å². The standard InChI is InChI=1S/C12H12Cl2F2O2/c13-10-3-1-2-8(12(10)14)6-9(17)4-5-18-7-11(15)16/h1-3,11H,4-7H2. The van der Waals surface area contributed by atoms with Crippen molar-refractivity contribution < 1.29 is 18.3 Å². The third kappa shape index (κ3) is 5.29. The molecule has 0 aliphatic heterocycles. The predicted molar refractivity (Wildman–Crippen MR) is 66.6 cm³/mol. The van der Waals surface area contributed by atoms with Gasteiger partial charge in [0.2, 0.25) is 0 Å². The lowest BCUT2D eigenvalue weighted by atomic mass is 10.1. The van der Waals surface area contributed by atoms with Crippen molar-refractivity contribution in [2.24, 2.45) is 0 Å². The van der Waals surface area contributed by atoms with Crippen LogP contribution in [0.25, 0.3) is 0 Å². The van der Waals surface area contributed by atoms with Gasteiger partial charge in [-0.25, -0.2) is 8.78 Å². The quantitative estimate of drug-likeness (QED) is 0.716. The molecule has 0 saturated carbocycles. The summed E-state index contributed by atoms with van der Waals surface area (Å²) in [7, 11) is 0. The minimum Gasteiger partial charge on any atom is -0.375 e. The molecule has 1 aromatic rings. The molecule has 0 atom stereocenters. The first kappa shape index (κ1) is 15.3. The fourth-order valence-electron chi connectivity index (χ4n) is 1.34. The van der Waals surface area contributed by atoms with E-state index in [1.165, 1.54) is 0 Å². The van der Waals surface area contributed by atoms with Crippen molar-refractivity contribution in [2.75, 3.05) is 13.2 Å². The second kappa shape index (κ2) is 7.67. The lowest BCUT2D eigenvalue weighted by Crippen LogP contribution is -2.11. The number of halogens is 4. The molecule has 18 heavy (non-hydrogen) atoms. The smallest absolute Gasteiger partial charge is 0.261 e. The molecule has 0 radical (unpaired) electrons. The first-order valence-electron chi connectivity index (χ1n) is 5.31. The minimum absolute atomic E-state index is 0.0125. The van der Waals surface area contributed by atoms with Crippen molar-refractivity contribution in [1.29, 1.82) is 0 Å². The number of ether oxygens (including phenoxy) is 1. The lowest BCUT2D eigenvalue weighted by Gasteiger charge is -2.06. The Balaban J connectivity index is 2.38. The lowest BCUT2D eigenvalue weighted by molar-refractivity contribution is -0.119. The summed E-state index contributed by atoms with van der Waals surface area (Å²) in [6.45, 7) is -0.660. The predicted octanol–water partition coefficient (Wildman–Crippen LogP) is 3.78. The van der Waals surface area contributed by atoms with Crippen LogP contribution in [0.4, 0.5) is 8.78 Å². The van der Waals surface area contributed by atoms with E-state index in [0.717, 1.165) is 0 Å². The maximum atomic E-state index is 11.8. The van der Waals surface area contributed by atoms with Crippen molar-refractivity contribution >= 4 is 29.0 Å². The summed E-state index contributed by atoms with van der Waals surface area (Å²) in [6, 6.07) is 5.03. The molecule has 2 nitrogen and oxygen atoms in total. The van der Waals surface area contributed by atoms with E-state index in [1.807, 2.05) is 0 Å². The van der Waals surface area contributed by atoms with Crippen molar-refractivity contribution in [1.82, 2.24) is 0 Å². The zero-order chi connectivity index (χ0) is 13.5. The van der Waals surface area contributed by atoms with E-state index in [4.69, 9.17) is 23.2 Å². The summed E-state index contributed by atoms with van der Waals surface area (Å²) >= 11 is 11.7. The molecule has 0 saturated heterocycles. The molecule has 0 unspecified atom stereocenters. The number of alkyl halides is 2. The average molecular weight is 297 g/mol. The SMILES string of the molecule is O=C(CCOCC(F)F)Cc1cccc(Cl)c1Cl. The maximum absolute atomic E-state index is 11.8. The van der Waals surface area contributed by atoms with Crippen molar-refractivity contribution in [3.63, 3.8) is 0 Å². The molecule has 1 aromatic carbocycles. The highest BCUT2D eigenvalue weighted by molar-refractivity contribution is 6.42. The fraction of sp³-hybridized carbons (Fsp3) is 0.417. The first-order valence-corrected chi connectivity index (χ1v) is 6.06. The van der Waals surface area contributed by atoms with Gasteiger partial charge >= 0.3 is 0 Å². The van der Waals surface area contributed by atoms with E-state index < -0.39 is 13.0 Å². The van der Waals surface area contributed by atoms with E-state index >= 15 is 0 Å². The Labute approximate surface area is 114 Å². The Morgan fingerprint density at radius 2 is 2.06 bits per heavy atom. The number of carbonyl (C=O) groups is 1. The first-order chi connectivity index (χ1) is 8.50. The van der Waals surface area contributed by atoms with Gasteiger partial charge in [0.1, 0.15) is 12.4 Å². The molecule has 0 amide bonds. The van der Waals surface area contributed by atoms with Gasteiger partial charge in [-0.2, -0.15) is 0 Å². The summed E-state index contributed by atoms with van der Waals surface area (Å²) in [6.07, 6.45) is -2.31. The molecule has 100 valence electrons. The third-order valence-corrected chi connectivity index (χ3v) is 3.05. The normalized spacial score (nSPS) is 10.9. The number of ketones is 1. The fourth-order valence-corrected chi connectivity index (χ4v) is 1.73. The average Bonchev–Trinajstić information content (AvgIpc) is 2.30. The molecule has 0 bridgehead atoms. The molecule has 0 N–H and O–H groups in total. The van der Waals surface area contributed by atoms with E-state index in [0.29, 0.717) is 15.6 Å². The number of rotatable bonds is 7. The Hall–Kier alpha value is -0.710. The van der Waals surface area contributed by atoms with Gasteiger partial charge in [0.05, 0.1) is 16.7 Å². The van der Waals surface area contributed by atoms with Crippen LogP contribution < -0.4 is 0 Å². The number of Topliss-reactive ketones (excluding diaryl/α,β-unsaturated/α-hetero) is 1. The van der Waals surface area contributed by atoms with Gasteiger partial charge in [0.15, 0.2) is 0 Å². The van der Waals surface area contributed by atoms with Crippen LogP contribution in [0.3, 0.4) is 0 Å². The highest BCUT2D eigenvalue weighted by Gasteiger charge is 2.10. The van der Waals surface area contributed by atoms with Gasteiger partial charge in [0, 0.05) is 12.8 Å². The van der Waals surface area contributed by atoms with Gasteiger partial charge in [-0.1, -0.05) is 35.3 Å². The summed E-state index contributed by atoms with van der Waals surface area (Å²) < 4.78 is 28.2. The van der Waals surface area contributed by atoms with Crippen molar-refractivity contribution in [2.45, 2.75) is 19.3 Å². The molecule has 0 spiro atoms. The number of hydrogen-bond acceptors (Lipinski definition) is 2. The van der Waals surface area contributed by atoms with E-state index in [9.17, 15) is 13.6 Å². The third-order valence-electron chi connectivity index (χ3n) is 2.19. The number of benzene rings is 1. The van der Waals surface area contributed by atoms with E-state index in [1.54, 1.807) is 18.2 Å². The van der Waals surface area contributed by atoms with Crippen LogP contribution in [0.5, 0.6) is 0 Å². The zero-order valence-corrected chi connectivity index (χ0v) is 11.0.